The number of ketones is 1. The Bertz CT molecular complexity index is 1140. The lowest BCUT2D eigenvalue weighted by Crippen LogP contribution is -2.26. The van der Waals surface area contributed by atoms with Gasteiger partial charge in [0.05, 0.1) is 23.8 Å². The van der Waals surface area contributed by atoms with Crippen LogP contribution in [0.3, 0.4) is 0 Å². The molecule has 0 aliphatic carbocycles. The summed E-state index contributed by atoms with van der Waals surface area (Å²) < 4.78 is 33.3. The molecule has 0 N–H and O–H groups in total. The lowest BCUT2D eigenvalue weighted by Gasteiger charge is -2.15. The molecule has 3 aromatic rings. The SMILES string of the molecule is COCCn1c(SC(C)C(=O)c2ccc(F)c(F)c2)nc2sc(C)c(C)c2c1=O. The van der Waals surface area contributed by atoms with Crippen molar-refractivity contribution in [2.45, 2.75) is 37.7 Å². The average molecular weight is 439 g/mol. The van der Waals surface area contributed by atoms with Gasteiger partial charge in [-0.2, -0.15) is 0 Å². The van der Waals surface area contributed by atoms with Crippen LogP contribution in [0, 0.1) is 25.5 Å². The molecule has 0 spiro atoms. The fraction of sp³-hybridized carbons (Fsp3) is 0.350. The molecule has 1 atom stereocenters. The first-order chi connectivity index (χ1) is 13.7. The van der Waals surface area contributed by atoms with Gasteiger partial charge in [-0.15, -0.1) is 11.3 Å². The van der Waals surface area contributed by atoms with Crippen LogP contribution >= 0.6 is 23.1 Å². The average Bonchev–Trinajstić information content (AvgIpc) is 2.97. The molecular weight excluding hydrogens is 418 g/mol. The van der Waals surface area contributed by atoms with Gasteiger partial charge in [0.2, 0.25) is 0 Å². The van der Waals surface area contributed by atoms with Crippen molar-refractivity contribution >= 4 is 39.1 Å². The third-order valence-electron chi connectivity index (χ3n) is 4.63. The quantitative estimate of drug-likeness (QED) is 0.312. The van der Waals surface area contributed by atoms with Crippen molar-refractivity contribution in [1.82, 2.24) is 9.55 Å². The predicted octanol–water partition coefficient (Wildman–Crippen LogP) is 4.36. The zero-order valence-electron chi connectivity index (χ0n) is 16.4. The Balaban J connectivity index is 2.00. The summed E-state index contributed by atoms with van der Waals surface area (Å²) in [6.07, 6.45) is 0. The van der Waals surface area contributed by atoms with Crippen LogP contribution in [0.25, 0.3) is 10.2 Å². The van der Waals surface area contributed by atoms with Crippen LogP contribution in [-0.4, -0.2) is 34.3 Å². The first-order valence-electron chi connectivity index (χ1n) is 8.90. The summed E-state index contributed by atoms with van der Waals surface area (Å²) in [6, 6.07) is 3.06. The number of Topliss-reactive ketones (excluding diaryl/α,β-unsaturated/α-hetero) is 1. The minimum atomic E-state index is -1.07. The largest absolute Gasteiger partial charge is 0.383 e. The van der Waals surface area contributed by atoms with Crippen molar-refractivity contribution in [2.75, 3.05) is 13.7 Å². The molecule has 0 radical (unpaired) electrons. The molecular formula is C20H20F2N2O3S2. The predicted molar refractivity (Wildman–Crippen MR) is 111 cm³/mol. The molecule has 3 rings (SSSR count). The number of benzene rings is 1. The van der Waals surface area contributed by atoms with Gasteiger partial charge in [-0.1, -0.05) is 11.8 Å². The fourth-order valence-electron chi connectivity index (χ4n) is 2.87. The monoisotopic (exact) mass is 438 g/mol. The summed E-state index contributed by atoms with van der Waals surface area (Å²) in [5.74, 6) is -2.46. The molecule has 154 valence electrons. The minimum absolute atomic E-state index is 0.0681. The Morgan fingerprint density at radius 3 is 2.69 bits per heavy atom. The molecule has 0 amide bonds. The van der Waals surface area contributed by atoms with E-state index in [1.54, 1.807) is 14.0 Å². The van der Waals surface area contributed by atoms with Gasteiger partial charge in [0, 0.05) is 17.6 Å². The third kappa shape index (κ3) is 4.26. The highest BCUT2D eigenvalue weighted by atomic mass is 32.2. The lowest BCUT2D eigenvalue weighted by atomic mass is 10.1. The summed E-state index contributed by atoms with van der Waals surface area (Å²) in [5, 5.41) is 0.317. The number of thioether (sulfide) groups is 1. The van der Waals surface area contributed by atoms with Crippen LogP contribution in [0.1, 0.15) is 27.7 Å². The van der Waals surface area contributed by atoms with Gasteiger partial charge in [0.1, 0.15) is 4.83 Å². The number of hydrogen-bond donors (Lipinski definition) is 0. The molecule has 1 unspecified atom stereocenters. The molecule has 0 aliphatic heterocycles. The smallest absolute Gasteiger partial charge is 0.263 e. The Kier molecular flexibility index (Phi) is 6.50. The van der Waals surface area contributed by atoms with E-state index in [0.29, 0.717) is 28.5 Å². The molecule has 0 fully saturated rings. The van der Waals surface area contributed by atoms with Crippen molar-refractivity contribution in [3.63, 3.8) is 0 Å². The number of hydrogen-bond acceptors (Lipinski definition) is 6. The molecule has 0 bridgehead atoms. The molecule has 1 aromatic carbocycles. The van der Waals surface area contributed by atoms with E-state index in [0.717, 1.165) is 34.3 Å². The lowest BCUT2D eigenvalue weighted by molar-refractivity contribution is 0.0993. The van der Waals surface area contributed by atoms with Crippen molar-refractivity contribution in [2.24, 2.45) is 0 Å². The second-order valence-corrected chi connectivity index (χ2v) is 9.07. The second-order valence-electron chi connectivity index (χ2n) is 6.56. The maximum absolute atomic E-state index is 13.5. The maximum atomic E-state index is 13.5. The summed E-state index contributed by atoms with van der Waals surface area (Å²) in [7, 11) is 1.54. The number of halogens is 2. The zero-order chi connectivity index (χ0) is 21.3. The van der Waals surface area contributed by atoms with Gasteiger partial charge < -0.3 is 4.74 Å². The summed E-state index contributed by atoms with van der Waals surface area (Å²) >= 11 is 2.54. The number of thiophene rings is 1. The summed E-state index contributed by atoms with van der Waals surface area (Å²) in [5.41, 5.74) is 0.790. The number of rotatable bonds is 7. The molecule has 5 nitrogen and oxygen atoms in total. The van der Waals surface area contributed by atoms with Crippen LogP contribution in [-0.2, 0) is 11.3 Å². The Morgan fingerprint density at radius 1 is 1.31 bits per heavy atom. The third-order valence-corrected chi connectivity index (χ3v) is 6.82. The van der Waals surface area contributed by atoms with Crippen LogP contribution in [0.2, 0.25) is 0 Å². The van der Waals surface area contributed by atoms with Crippen molar-refractivity contribution in [3.05, 3.63) is 56.2 Å². The van der Waals surface area contributed by atoms with Crippen LogP contribution in [0.5, 0.6) is 0 Å². The molecule has 29 heavy (non-hydrogen) atoms. The minimum Gasteiger partial charge on any atom is -0.383 e. The number of nitrogens with zero attached hydrogens (tertiary/aromatic N) is 2. The van der Waals surface area contributed by atoms with E-state index in [1.165, 1.54) is 22.0 Å². The van der Waals surface area contributed by atoms with Gasteiger partial charge in [-0.25, -0.2) is 13.8 Å². The molecule has 0 saturated carbocycles. The van der Waals surface area contributed by atoms with Crippen LogP contribution in [0.4, 0.5) is 8.78 Å². The summed E-state index contributed by atoms with van der Waals surface area (Å²) in [6.45, 7) is 6.08. The van der Waals surface area contributed by atoms with E-state index in [9.17, 15) is 18.4 Å². The van der Waals surface area contributed by atoms with Gasteiger partial charge in [-0.3, -0.25) is 14.2 Å². The van der Waals surface area contributed by atoms with Crippen LogP contribution in [0.15, 0.2) is 28.2 Å². The second kappa shape index (κ2) is 8.73. The standard InChI is InChI=1S/C20H20F2N2O3S2/c1-10-11(2)28-18-16(10)19(26)24(7-8-27-4)20(23-18)29-12(3)17(25)13-5-6-14(21)15(22)9-13/h5-6,9,12H,7-8H2,1-4H3. The van der Waals surface area contributed by atoms with E-state index in [2.05, 4.69) is 4.98 Å². The van der Waals surface area contributed by atoms with Crippen molar-refractivity contribution in [1.29, 1.82) is 0 Å². The molecule has 2 heterocycles. The Labute approximate surface area is 174 Å². The molecule has 0 saturated heterocycles. The Hall–Kier alpha value is -2.10. The van der Waals surface area contributed by atoms with Crippen molar-refractivity contribution < 1.29 is 18.3 Å². The normalized spacial score (nSPS) is 12.5. The number of carbonyl (C=O) groups is 1. The number of ether oxygens (including phenoxy) is 1. The number of methoxy groups -OCH3 is 1. The molecule has 9 heteroatoms. The van der Waals surface area contributed by atoms with E-state index < -0.39 is 16.9 Å². The Morgan fingerprint density at radius 2 is 2.03 bits per heavy atom. The van der Waals surface area contributed by atoms with Gasteiger partial charge in [0.15, 0.2) is 22.6 Å². The van der Waals surface area contributed by atoms with E-state index in [4.69, 9.17) is 4.74 Å². The number of aryl methyl sites for hydroxylation is 2. The van der Waals surface area contributed by atoms with Gasteiger partial charge in [-0.05, 0) is 44.5 Å². The van der Waals surface area contributed by atoms with Crippen molar-refractivity contribution in [3.8, 4) is 0 Å². The van der Waals surface area contributed by atoms with E-state index in [1.807, 2.05) is 13.8 Å². The van der Waals surface area contributed by atoms with E-state index in [-0.39, 0.29) is 16.9 Å². The first kappa shape index (κ1) is 21.6. The molecule has 0 aliphatic rings. The van der Waals surface area contributed by atoms with Gasteiger partial charge >= 0.3 is 0 Å². The highest BCUT2D eigenvalue weighted by Gasteiger charge is 2.23. The number of carbonyl (C=O) groups excluding carboxylic acids is 1. The fourth-order valence-corrected chi connectivity index (χ4v) is 4.96. The zero-order valence-corrected chi connectivity index (χ0v) is 18.0. The highest BCUT2D eigenvalue weighted by Crippen LogP contribution is 2.30. The highest BCUT2D eigenvalue weighted by molar-refractivity contribution is 8.00. The molecule has 2 aromatic heterocycles. The maximum Gasteiger partial charge on any atom is 0.263 e. The number of fused-ring (bicyclic) bond motifs is 1. The topological polar surface area (TPSA) is 61.2 Å². The summed E-state index contributed by atoms with van der Waals surface area (Å²) in [4.78, 5) is 32.0. The van der Waals surface area contributed by atoms with Crippen LogP contribution < -0.4 is 5.56 Å². The van der Waals surface area contributed by atoms with Gasteiger partial charge in [0.25, 0.3) is 5.56 Å². The van der Waals surface area contributed by atoms with E-state index >= 15 is 0 Å². The number of aromatic nitrogens is 2. The first-order valence-corrected chi connectivity index (χ1v) is 10.6.